The molecule has 0 unspecified atom stereocenters. The predicted octanol–water partition coefficient (Wildman–Crippen LogP) is 3.15. The first-order valence-corrected chi connectivity index (χ1v) is 8.56. The molecule has 128 valence electrons. The van der Waals surface area contributed by atoms with E-state index in [0.29, 0.717) is 5.16 Å². The number of aromatic nitrogens is 4. The fourth-order valence-electron chi connectivity index (χ4n) is 2.17. The Morgan fingerprint density at radius 1 is 1.20 bits per heavy atom. The number of hydrogen-bond donors (Lipinski definition) is 1. The van der Waals surface area contributed by atoms with Crippen LogP contribution in [0.4, 0.5) is 10.1 Å². The van der Waals surface area contributed by atoms with Gasteiger partial charge in [0.1, 0.15) is 5.82 Å². The molecular formula is C17H16FN5OS. The Kier molecular flexibility index (Phi) is 5.08. The van der Waals surface area contributed by atoms with Gasteiger partial charge in [-0.05, 0) is 59.7 Å². The minimum Gasteiger partial charge on any atom is -0.323 e. The molecule has 1 N–H and O–H groups in total. The summed E-state index contributed by atoms with van der Waals surface area (Å²) in [6.07, 6.45) is 0. The lowest BCUT2D eigenvalue weighted by molar-refractivity contribution is -0.113. The van der Waals surface area contributed by atoms with Gasteiger partial charge in [0.15, 0.2) is 0 Å². The zero-order valence-electron chi connectivity index (χ0n) is 13.7. The van der Waals surface area contributed by atoms with Crippen molar-refractivity contribution in [3.05, 3.63) is 59.4 Å². The van der Waals surface area contributed by atoms with Gasteiger partial charge >= 0.3 is 0 Å². The highest BCUT2D eigenvalue weighted by molar-refractivity contribution is 7.99. The molecule has 0 atom stereocenters. The third-order valence-electron chi connectivity index (χ3n) is 3.66. The van der Waals surface area contributed by atoms with E-state index in [-0.39, 0.29) is 17.3 Å². The van der Waals surface area contributed by atoms with Crippen molar-refractivity contribution < 1.29 is 9.18 Å². The number of rotatable bonds is 5. The Morgan fingerprint density at radius 2 is 2.00 bits per heavy atom. The lowest BCUT2D eigenvalue weighted by atomic mass is 10.1. The van der Waals surface area contributed by atoms with Crippen LogP contribution >= 0.6 is 11.8 Å². The fourth-order valence-corrected chi connectivity index (χ4v) is 2.86. The second-order valence-corrected chi connectivity index (χ2v) is 6.40. The van der Waals surface area contributed by atoms with Crippen LogP contribution in [0.5, 0.6) is 0 Å². The molecule has 0 aliphatic carbocycles. The van der Waals surface area contributed by atoms with E-state index in [0.717, 1.165) is 11.3 Å². The van der Waals surface area contributed by atoms with Gasteiger partial charge in [0.05, 0.1) is 17.1 Å². The summed E-state index contributed by atoms with van der Waals surface area (Å²) in [7, 11) is 0. The highest BCUT2D eigenvalue weighted by Crippen LogP contribution is 2.20. The number of para-hydroxylation sites is 1. The Bertz CT molecular complexity index is 912. The molecule has 2 aromatic carbocycles. The van der Waals surface area contributed by atoms with Gasteiger partial charge in [-0.2, -0.15) is 4.68 Å². The topological polar surface area (TPSA) is 72.7 Å². The molecular weight excluding hydrogens is 341 g/mol. The lowest BCUT2D eigenvalue weighted by Gasteiger charge is -2.08. The van der Waals surface area contributed by atoms with E-state index in [1.807, 2.05) is 32.0 Å². The monoisotopic (exact) mass is 357 g/mol. The smallest absolute Gasteiger partial charge is 0.234 e. The van der Waals surface area contributed by atoms with Gasteiger partial charge in [0, 0.05) is 0 Å². The summed E-state index contributed by atoms with van der Waals surface area (Å²) in [4.78, 5) is 12.0. The van der Waals surface area contributed by atoms with Crippen molar-refractivity contribution in [3.63, 3.8) is 0 Å². The number of halogens is 1. The molecule has 0 fully saturated rings. The average Bonchev–Trinajstić information content (AvgIpc) is 3.06. The third kappa shape index (κ3) is 4.03. The molecule has 0 radical (unpaired) electrons. The quantitative estimate of drug-likeness (QED) is 0.710. The van der Waals surface area contributed by atoms with E-state index in [9.17, 15) is 9.18 Å². The highest BCUT2D eigenvalue weighted by atomic mass is 32.2. The summed E-state index contributed by atoms with van der Waals surface area (Å²) in [5, 5.41) is 14.6. The molecule has 8 heteroatoms. The molecule has 3 aromatic rings. The minimum atomic E-state index is -0.471. The summed E-state index contributed by atoms with van der Waals surface area (Å²) in [5.41, 5.74) is 3.28. The van der Waals surface area contributed by atoms with E-state index >= 15 is 0 Å². The van der Waals surface area contributed by atoms with Crippen LogP contribution in [0.2, 0.25) is 0 Å². The van der Waals surface area contributed by atoms with Crippen LogP contribution in [0.3, 0.4) is 0 Å². The zero-order chi connectivity index (χ0) is 17.8. The number of thioether (sulfide) groups is 1. The van der Waals surface area contributed by atoms with Gasteiger partial charge in [0.2, 0.25) is 11.1 Å². The van der Waals surface area contributed by atoms with Crippen molar-refractivity contribution in [3.8, 4) is 5.69 Å². The number of benzene rings is 2. The standard InChI is InChI=1S/C17H16FN5OS/c1-11-7-8-13(9-12(11)2)23-17(20-21-22-23)25-10-16(24)19-15-6-4-3-5-14(15)18/h3-9H,10H2,1-2H3,(H,19,24). The van der Waals surface area contributed by atoms with Crippen LogP contribution in [0.15, 0.2) is 47.6 Å². The third-order valence-corrected chi connectivity index (χ3v) is 4.58. The number of nitrogens with one attached hydrogen (secondary N) is 1. The van der Waals surface area contributed by atoms with E-state index in [4.69, 9.17) is 0 Å². The first kappa shape index (κ1) is 17.1. The average molecular weight is 357 g/mol. The number of carbonyl (C=O) groups excluding carboxylic acids is 1. The molecule has 0 saturated carbocycles. The number of amides is 1. The molecule has 0 saturated heterocycles. The molecule has 1 amide bonds. The van der Waals surface area contributed by atoms with E-state index in [1.54, 1.807) is 16.8 Å². The summed E-state index contributed by atoms with van der Waals surface area (Å²) in [6.45, 7) is 4.04. The van der Waals surface area contributed by atoms with Crippen molar-refractivity contribution in [2.45, 2.75) is 19.0 Å². The zero-order valence-corrected chi connectivity index (χ0v) is 14.5. The second kappa shape index (κ2) is 7.43. The van der Waals surface area contributed by atoms with Crippen LogP contribution < -0.4 is 5.32 Å². The molecule has 0 spiro atoms. The van der Waals surface area contributed by atoms with Gasteiger partial charge < -0.3 is 5.32 Å². The number of anilines is 1. The van der Waals surface area contributed by atoms with Crippen molar-refractivity contribution >= 4 is 23.4 Å². The SMILES string of the molecule is Cc1ccc(-n2nnnc2SCC(=O)Nc2ccccc2F)cc1C. The normalized spacial score (nSPS) is 10.7. The Hall–Kier alpha value is -2.74. The number of carbonyl (C=O) groups is 1. The second-order valence-electron chi connectivity index (χ2n) is 5.46. The number of nitrogens with zero attached hydrogens (tertiary/aromatic N) is 4. The van der Waals surface area contributed by atoms with Crippen LogP contribution in [-0.4, -0.2) is 31.9 Å². The Morgan fingerprint density at radius 3 is 2.76 bits per heavy atom. The highest BCUT2D eigenvalue weighted by Gasteiger charge is 2.13. The van der Waals surface area contributed by atoms with Crippen LogP contribution in [0.25, 0.3) is 5.69 Å². The van der Waals surface area contributed by atoms with E-state index < -0.39 is 5.82 Å². The number of aryl methyl sites for hydroxylation is 2. The maximum absolute atomic E-state index is 13.6. The largest absolute Gasteiger partial charge is 0.323 e. The first-order chi connectivity index (χ1) is 12.0. The van der Waals surface area contributed by atoms with Gasteiger partial charge in [-0.3, -0.25) is 4.79 Å². The van der Waals surface area contributed by atoms with Crippen molar-refractivity contribution in [1.29, 1.82) is 0 Å². The predicted molar refractivity (Wildman–Crippen MR) is 94.4 cm³/mol. The molecule has 3 rings (SSSR count). The molecule has 1 heterocycles. The Labute approximate surface area is 148 Å². The van der Waals surface area contributed by atoms with Crippen molar-refractivity contribution in [2.75, 3.05) is 11.1 Å². The summed E-state index contributed by atoms with van der Waals surface area (Å²) >= 11 is 1.18. The van der Waals surface area contributed by atoms with Gasteiger partial charge in [-0.15, -0.1) is 5.10 Å². The van der Waals surface area contributed by atoms with Crippen LogP contribution in [0, 0.1) is 19.7 Å². The summed E-state index contributed by atoms with van der Waals surface area (Å²) < 4.78 is 15.1. The van der Waals surface area contributed by atoms with Crippen molar-refractivity contribution in [1.82, 2.24) is 20.2 Å². The van der Waals surface area contributed by atoms with E-state index in [2.05, 4.69) is 20.8 Å². The van der Waals surface area contributed by atoms with Crippen LogP contribution in [0.1, 0.15) is 11.1 Å². The van der Waals surface area contributed by atoms with Crippen LogP contribution in [-0.2, 0) is 4.79 Å². The number of tetrazole rings is 1. The Balaban J connectivity index is 1.68. The fraction of sp³-hybridized carbons (Fsp3) is 0.176. The minimum absolute atomic E-state index is 0.0690. The van der Waals surface area contributed by atoms with Gasteiger partial charge in [0.25, 0.3) is 0 Å². The summed E-state index contributed by atoms with van der Waals surface area (Å²) in [5.74, 6) is -0.731. The maximum atomic E-state index is 13.6. The molecule has 0 bridgehead atoms. The molecule has 25 heavy (non-hydrogen) atoms. The first-order valence-electron chi connectivity index (χ1n) is 7.58. The number of hydrogen-bond acceptors (Lipinski definition) is 5. The molecule has 0 aliphatic rings. The van der Waals surface area contributed by atoms with Gasteiger partial charge in [-0.25, -0.2) is 4.39 Å². The van der Waals surface area contributed by atoms with Gasteiger partial charge in [-0.1, -0.05) is 30.0 Å². The maximum Gasteiger partial charge on any atom is 0.234 e. The van der Waals surface area contributed by atoms with Crippen molar-refractivity contribution in [2.24, 2.45) is 0 Å². The molecule has 6 nitrogen and oxygen atoms in total. The summed E-state index contributed by atoms with van der Waals surface area (Å²) in [6, 6.07) is 11.9. The molecule has 1 aromatic heterocycles. The lowest BCUT2D eigenvalue weighted by Crippen LogP contribution is -2.15. The molecule has 0 aliphatic heterocycles. The van der Waals surface area contributed by atoms with E-state index in [1.165, 1.54) is 29.5 Å².